The van der Waals surface area contributed by atoms with Crippen LogP contribution in [0.4, 0.5) is 5.69 Å². The van der Waals surface area contributed by atoms with E-state index in [1.165, 1.54) is 0 Å². The summed E-state index contributed by atoms with van der Waals surface area (Å²) >= 11 is 0. The van der Waals surface area contributed by atoms with Crippen LogP contribution < -0.4 is 25.0 Å². The van der Waals surface area contributed by atoms with E-state index in [1.54, 1.807) is 27.5 Å². The molecule has 0 aliphatic carbocycles. The van der Waals surface area contributed by atoms with Gasteiger partial charge < -0.3 is 34.2 Å². The molecule has 2 N–H and O–H groups in total. The smallest absolute Gasteiger partial charge is 0.191 e. The largest absolute Gasteiger partial charge is 0.497 e. The number of hydrogen-bond acceptors (Lipinski definition) is 6. The van der Waals surface area contributed by atoms with Gasteiger partial charge in [0.2, 0.25) is 0 Å². The number of nitrogens with one attached hydrogen (secondary N) is 2. The SMILES string of the molecule is CN=C(NCCCOCc1ccco1)NC1CCN(c2cc(OC)cc(OC)c2)CC1. The summed E-state index contributed by atoms with van der Waals surface area (Å²) in [5, 5.41) is 6.92. The van der Waals surface area contributed by atoms with E-state index in [0.29, 0.717) is 19.3 Å². The summed E-state index contributed by atoms with van der Waals surface area (Å²) in [4.78, 5) is 6.73. The van der Waals surface area contributed by atoms with Gasteiger partial charge in [0.25, 0.3) is 0 Å². The van der Waals surface area contributed by atoms with Crippen LogP contribution >= 0.6 is 0 Å². The lowest BCUT2D eigenvalue weighted by Crippen LogP contribution is -2.49. The molecule has 170 valence electrons. The van der Waals surface area contributed by atoms with E-state index in [-0.39, 0.29) is 0 Å². The third-order valence-corrected chi connectivity index (χ3v) is 5.34. The quantitative estimate of drug-likeness (QED) is 0.341. The average Bonchev–Trinajstić information content (AvgIpc) is 3.34. The van der Waals surface area contributed by atoms with Crippen molar-refractivity contribution in [3.63, 3.8) is 0 Å². The Bertz CT molecular complexity index is 780. The highest BCUT2D eigenvalue weighted by molar-refractivity contribution is 5.80. The molecule has 1 aromatic carbocycles. The van der Waals surface area contributed by atoms with Gasteiger partial charge in [-0.25, -0.2) is 0 Å². The van der Waals surface area contributed by atoms with E-state index in [4.69, 9.17) is 18.6 Å². The Morgan fingerprint density at radius 1 is 1.16 bits per heavy atom. The number of rotatable bonds is 10. The van der Waals surface area contributed by atoms with Gasteiger partial charge in [0, 0.05) is 63.2 Å². The Morgan fingerprint density at radius 2 is 1.90 bits per heavy atom. The fourth-order valence-electron chi connectivity index (χ4n) is 3.59. The van der Waals surface area contributed by atoms with Crippen LogP contribution in [0.5, 0.6) is 11.5 Å². The highest BCUT2D eigenvalue weighted by Crippen LogP contribution is 2.30. The minimum atomic E-state index is 0.394. The first kappa shape index (κ1) is 22.8. The van der Waals surface area contributed by atoms with E-state index in [2.05, 4.69) is 32.7 Å². The van der Waals surface area contributed by atoms with Crippen molar-refractivity contribution in [2.75, 3.05) is 52.4 Å². The summed E-state index contributed by atoms with van der Waals surface area (Å²) in [5.74, 6) is 3.32. The van der Waals surface area contributed by atoms with Gasteiger partial charge in [-0.15, -0.1) is 0 Å². The van der Waals surface area contributed by atoms with Crippen molar-refractivity contribution in [3.05, 3.63) is 42.4 Å². The predicted molar refractivity (Wildman–Crippen MR) is 122 cm³/mol. The minimum absolute atomic E-state index is 0.394. The summed E-state index contributed by atoms with van der Waals surface area (Å²) in [6, 6.07) is 10.2. The Hall–Kier alpha value is -2.87. The number of aliphatic imine (C=N–C) groups is 1. The molecule has 0 unspecified atom stereocenters. The van der Waals surface area contributed by atoms with Crippen molar-refractivity contribution in [1.82, 2.24) is 10.6 Å². The zero-order valence-corrected chi connectivity index (χ0v) is 18.7. The van der Waals surface area contributed by atoms with Gasteiger partial charge in [-0.3, -0.25) is 4.99 Å². The van der Waals surface area contributed by atoms with Gasteiger partial charge in [0.1, 0.15) is 23.9 Å². The summed E-state index contributed by atoms with van der Waals surface area (Å²) < 4.78 is 21.7. The third kappa shape index (κ3) is 7.10. The first-order chi connectivity index (χ1) is 15.2. The Balaban J connectivity index is 1.36. The number of anilines is 1. The van der Waals surface area contributed by atoms with Gasteiger partial charge in [0.05, 0.1) is 20.5 Å². The second-order valence-corrected chi connectivity index (χ2v) is 7.46. The fraction of sp³-hybridized carbons (Fsp3) is 0.522. The number of methoxy groups -OCH3 is 2. The first-order valence-electron chi connectivity index (χ1n) is 10.8. The molecule has 0 spiro atoms. The molecular formula is C23H34N4O4. The topological polar surface area (TPSA) is 80.5 Å². The van der Waals surface area contributed by atoms with Gasteiger partial charge in [-0.1, -0.05) is 0 Å². The molecule has 8 nitrogen and oxygen atoms in total. The minimum Gasteiger partial charge on any atom is -0.497 e. The number of furan rings is 1. The maximum Gasteiger partial charge on any atom is 0.191 e. The number of benzene rings is 1. The van der Waals surface area contributed by atoms with E-state index in [1.807, 2.05) is 18.2 Å². The lowest BCUT2D eigenvalue weighted by Gasteiger charge is -2.34. The first-order valence-corrected chi connectivity index (χ1v) is 10.8. The Morgan fingerprint density at radius 3 is 2.52 bits per heavy atom. The lowest BCUT2D eigenvalue weighted by molar-refractivity contribution is 0.105. The van der Waals surface area contributed by atoms with Crippen LogP contribution in [-0.4, -0.2) is 59.5 Å². The van der Waals surface area contributed by atoms with Gasteiger partial charge in [-0.2, -0.15) is 0 Å². The predicted octanol–water partition coefficient (Wildman–Crippen LogP) is 3.04. The number of guanidine groups is 1. The molecule has 0 amide bonds. The number of nitrogens with zero attached hydrogens (tertiary/aromatic N) is 2. The van der Waals surface area contributed by atoms with E-state index in [0.717, 1.165) is 67.8 Å². The molecule has 31 heavy (non-hydrogen) atoms. The van der Waals surface area contributed by atoms with Crippen LogP contribution in [0.2, 0.25) is 0 Å². The maximum absolute atomic E-state index is 5.61. The molecule has 1 aliphatic rings. The molecule has 1 fully saturated rings. The summed E-state index contributed by atoms with van der Waals surface area (Å²) in [7, 11) is 5.16. The third-order valence-electron chi connectivity index (χ3n) is 5.34. The van der Waals surface area contributed by atoms with Gasteiger partial charge in [0.15, 0.2) is 5.96 Å². The molecule has 0 radical (unpaired) electrons. The zero-order chi connectivity index (χ0) is 21.9. The number of piperidine rings is 1. The van der Waals surface area contributed by atoms with Crippen LogP contribution in [0.25, 0.3) is 0 Å². The molecular weight excluding hydrogens is 396 g/mol. The Labute approximate surface area is 184 Å². The highest BCUT2D eigenvalue weighted by atomic mass is 16.5. The van der Waals surface area contributed by atoms with Crippen molar-refractivity contribution in [3.8, 4) is 11.5 Å². The maximum atomic E-state index is 5.61. The van der Waals surface area contributed by atoms with Crippen LogP contribution in [0.1, 0.15) is 25.0 Å². The number of ether oxygens (including phenoxy) is 3. The van der Waals surface area contributed by atoms with E-state index in [9.17, 15) is 0 Å². The monoisotopic (exact) mass is 430 g/mol. The fourth-order valence-corrected chi connectivity index (χ4v) is 3.59. The summed E-state index contributed by atoms with van der Waals surface area (Å²) in [5.41, 5.74) is 1.13. The molecule has 1 aliphatic heterocycles. The number of hydrogen-bond donors (Lipinski definition) is 2. The zero-order valence-electron chi connectivity index (χ0n) is 18.7. The standard InChI is InChI=1S/C23H34N4O4/c1-24-23(25-9-5-12-30-17-20-6-4-13-31-20)26-18-7-10-27(11-8-18)19-14-21(28-2)16-22(15-19)29-3/h4,6,13-16,18H,5,7-12,17H2,1-3H3,(H2,24,25,26). The molecule has 0 atom stereocenters. The summed E-state index contributed by atoms with van der Waals surface area (Å²) in [6.07, 6.45) is 4.63. The van der Waals surface area contributed by atoms with Gasteiger partial charge >= 0.3 is 0 Å². The van der Waals surface area contributed by atoms with E-state index >= 15 is 0 Å². The van der Waals surface area contributed by atoms with Crippen LogP contribution in [-0.2, 0) is 11.3 Å². The summed E-state index contributed by atoms with van der Waals surface area (Å²) in [6.45, 7) is 3.92. The van der Waals surface area contributed by atoms with Crippen molar-refractivity contribution < 1.29 is 18.6 Å². The second-order valence-electron chi connectivity index (χ2n) is 7.46. The average molecular weight is 431 g/mol. The molecule has 3 rings (SSSR count). The van der Waals surface area contributed by atoms with Crippen molar-refractivity contribution in [2.45, 2.75) is 31.9 Å². The molecule has 2 aromatic rings. The normalized spacial score (nSPS) is 15.1. The highest BCUT2D eigenvalue weighted by Gasteiger charge is 2.21. The van der Waals surface area contributed by atoms with Crippen LogP contribution in [0.15, 0.2) is 46.0 Å². The Kier molecular flexibility index (Phi) is 8.90. The van der Waals surface area contributed by atoms with Crippen molar-refractivity contribution in [1.29, 1.82) is 0 Å². The second kappa shape index (κ2) is 12.1. The van der Waals surface area contributed by atoms with Crippen LogP contribution in [0, 0.1) is 0 Å². The molecule has 8 heteroatoms. The molecule has 0 saturated carbocycles. The molecule has 1 saturated heterocycles. The molecule has 1 aromatic heterocycles. The lowest BCUT2D eigenvalue weighted by atomic mass is 10.0. The van der Waals surface area contributed by atoms with Crippen molar-refractivity contribution in [2.24, 2.45) is 4.99 Å². The van der Waals surface area contributed by atoms with Crippen LogP contribution in [0.3, 0.4) is 0 Å². The van der Waals surface area contributed by atoms with Crippen molar-refractivity contribution >= 4 is 11.6 Å². The van der Waals surface area contributed by atoms with Gasteiger partial charge in [-0.05, 0) is 31.4 Å². The molecule has 0 bridgehead atoms. The molecule has 2 heterocycles. The van der Waals surface area contributed by atoms with E-state index < -0.39 is 0 Å².